The number of hydrogen-bond acceptors (Lipinski definition) is 5. The zero-order valence-electron chi connectivity index (χ0n) is 23.3. The highest BCUT2D eigenvalue weighted by Crippen LogP contribution is 2.51. The first kappa shape index (κ1) is 27.7. The molecule has 2 bridgehead atoms. The Morgan fingerprint density at radius 2 is 1.69 bits per heavy atom. The van der Waals surface area contributed by atoms with Crippen LogP contribution in [0.5, 0.6) is 11.5 Å². The van der Waals surface area contributed by atoms with E-state index in [0.717, 1.165) is 38.2 Å². The SMILES string of the molecule is COc1cc(F)c(OC2CCC(C)(C(=O)O)CC2)cc1C(=O)NC1C2CCC(C2)C1C(=O)NC(C)C1(C)CC1. The number of hydrogen-bond donors (Lipinski definition) is 3. The molecule has 39 heavy (non-hydrogen) atoms. The summed E-state index contributed by atoms with van der Waals surface area (Å²) in [6.45, 7) is 5.97. The van der Waals surface area contributed by atoms with Crippen LogP contribution in [-0.4, -0.2) is 48.2 Å². The number of carboxylic acid groups (broad SMARTS) is 1. The fourth-order valence-electron chi connectivity index (χ4n) is 6.93. The highest BCUT2D eigenvalue weighted by atomic mass is 19.1. The van der Waals surface area contributed by atoms with Gasteiger partial charge in [0.05, 0.1) is 30.1 Å². The number of amides is 2. The van der Waals surface area contributed by atoms with Gasteiger partial charge in [0.1, 0.15) is 5.75 Å². The second-order valence-electron chi connectivity index (χ2n) is 12.9. The van der Waals surface area contributed by atoms with Gasteiger partial charge in [-0.1, -0.05) is 6.92 Å². The van der Waals surface area contributed by atoms with Gasteiger partial charge >= 0.3 is 5.97 Å². The van der Waals surface area contributed by atoms with Crippen LogP contribution >= 0.6 is 0 Å². The van der Waals surface area contributed by atoms with E-state index in [1.165, 1.54) is 13.2 Å². The molecule has 0 aromatic heterocycles. The Kier molecular flexibility index (Phi) is 7.31. The molecule has 0 saturated heterocycles. The van der Waals surface area contributed by atoms with Crippen molar-refractivity contribution in [2.45, 2.75) is 96.7 Å². The number of aliphatic carboxylic acids is 1. The highest BCUT2D eigenvalue weighted by Gasteiger charge is 2.53. The standard InChI is InChI=1S/C30H41FN2O6/c1-16(29(2)11-12-29)32-27(35)24-17-5-6-18(13-17)25(24)33-26(34)20-14-23(21(31)15-22(20)38-4)39-19-7-9-30(3,10-8-19)28(36)37/h14-19,24-25H,5-13H2,1-4H3,(H,32,35)(H,33,34)(H,36,37). The molecule has 4 aliphatic rings. The molecule has 3 N–H and O–H groups in total. The molecular weight excluding hydrogens is 503 g/mol. The number of carboxylic acids is 1. The number of benzene rings is 1. The van der Waals surface area contributed by atoms with Crippen molar-refractivity contribution in [3.63, 3.8) is 0 Å². The zero-order chi connectivity index (χ0) is 28.1. The molecule has 5 rings (SSSR count). The average Bonchev–Trinajstić information content (AvgIpc) is 3.34. The van der Waals surface area contributed by atoms with Crippen LogP contribution < -0.4 is 20.1 Å². The quantitative estimate of drug-likeness (QED) is 0.416. The van der Waals surface area contributed by atoms with Crippen molar-refractivity contribution in [3.05, 3.63) is 23.5 Å². The largest absolute Gasteiger partial charge is 0.496 e. The predicted molar refractivity (Wildman–Crippen MR) is 142 cm³/mol. The Hall–Kier alpha value is -2.84. The first-order chi connectivity index (χ1) is 18.4. The number of rotatable bonds is 9. The Morgan fingerprint density at radius 1 is 1.03 bits per heavy atom. The third-order valence-electron chi connectivity index (χ3n) is 10.3. The van der Waals surface area contributed by atoms with Crippen molar-refractivity contribution in [3.8, 4) is 11.5 Å². The monoisotopic (exact) mass is 544 g/mol. The van der Waals surface area contributed by atoms with Crippen LogP contribution in [0.15, 0.2) is 12.1 Å². The van der Waals surface area contributed by atoms with Crippen molar-refractivity contribution in [1.29, 1.82) is 0 Å². The lowest BCUT2D eigenvalue weighted by Crippen LogP contribution is -2.52. The molecule has 0 heterocycles. The maximum atomic E-state index is 15.0. The number of halogens is 1. The van der Waals surface area contributed by atoms with Crippen LogP contribution in [0.2, 0.25) is 0 Å². The second-order valence-corrected chi connectivity index (χ2v) is 12.9. The summed E-state index contributed by atoms with van der Waals surface area (Å²) in [7, 11) is 1.38. The first-order valence-corrected chi connectivity index (χ1v) is 14.3. The summed E-state index contributed by atoms with van der Waals surface area (Å²) in [5, 5.41) is 15.8. The van der Waals surface area contributed by atoms with Gasteiger partial charge in [-0.25, -0.2) is 4.39 Å². The normalized spacial score (nSPS) is 33.2. The van der Waals surface area contributed by atoms with Gasteiger partial charge < -0.3 is 25.2 Å². The Morgan fingerprint density at radius 3 is 2.31 bits per heavy atom. The van der Waals surface area contributed by atoms with Crippen LogP contribution in [-0.2, 0) is 9.59 Å². The molecule has 1 aromatic carbocycles. The second kappa shape index (κ2) is 10.3. The first-order valence-electron chi connectivity index (χ1n) is 14.3. The van der Waals surface area contributed by atoms with Crippen LogP contribution in [0.3, 0.4) is 0 Å². The minimum atomic E-state index is -0.834. The molecule has 4 saturated carbocycles. The van der Waals surface area contributed by atoms with E-state index < -0.39 is 23.1 Å². The van der Waals surface area contributed by atoms with Gasteiger partial charge in [0, 0.05) is 18.2 Å². The van der Waals surface area contributed by atoms with E-state index in [9.17, 15) is 23.9 Å². The zero-order valence-corrected chi connectivity index (χ0v) is 23.3. The molecule has 0 radical (unpaired) electrons. The van der Waals surface area contributed by atoms with Crippen molar-refractivity contribution in [1.82, 2.24) is 10.6 Å². The molecule has 9 heteroatoms. The summed E-state index contributed by atoms with van der Waals surface area (Å²) in [6.07, 6.45) is 6.59. The molecule has 214 valence electrons. The van der Waals surface area contributed by atoms with Crippen LogP contribution in [0.1, 0.15) is 88.9 Å². The lowest BCUT2D eigenvalue weighted by Gasteiger charge is -2.34. The summed E-state index contributed by atoms with van der Waals surface area (Å²) in [4.78, 5) is 38.5. The van der Waals surface area contributed by atoms with E-state index in [1.54, 1.807) is 6.92 Å². The van der Waals surface area contributed by atoms with E-state index in [-0.39, 0.29) is 64.3 Å². The van der Waals surface area contributed by atoms with E-state index >= 15 is 0 Å². The van der Waals surface area contributed by atoms with Crippen molar-refractivity contribution in [2.24, 2.45) is 28.6 Å². The van der Waals surface area contributed by atoms with Crippen molar-refractivity contribution >= 4 is 17.8 Å². The maximum absolute atomic E-state index is 15.0. The molecule has 0 aliphatic heterocycles. The average molecular weight is 545 g/mol. The van der Waals surface area contributed by atoms with Gasteiger partial charge in [0.15, 0.2) is 11.6 Å². The summed E-state index contributed by atoms with van der Waals surface area (Å²) < 4.78 is 26.2. The smallest absolute Gasteiger partial charge is 0.309 e. The van der Waals surface area contributed by atoms with Crippen LogP contribution in [0.4, 0.5) is 4.39 Å². The van der Waals surface area contributed by atoms with Gasteiger partial charge in [0.25, 0.3) is 5.91 Å². The van der Waals surface area contributed by atoms with Gasteiger partial charge in [-0.2, -0.15) is 0 Å². The van der Waals surface area contributed by atoms with Gasteiger partial charge in [-0.3, -0.25) is 14.4 Å². The van der Waals surface area contributed by atoms with Gasteiger partial charge in [-0.15, -0.1) is 0 Å². The lowest BCUT2D eigenvalue weighted by atomic mass is 9.75. The summed E-state index contributed by atoms with van der Waals surface area (Å²) in [5.41, 5.74) is -0.490. The molecule has 8 nitrogen and oxygen atoms in total. The van der Waals surface area contributed by atoms with E-state index in [2.05, 4.69) is 24.5 Å². The topological polar surface area (TPSA) is 114 Å². The Bertz CT molecular complexity index is 1140. The molecule has 0 spiro atoms. The Labute approximate surface area is 229 Å². The third-order valence-corrected chi connectivity index (χ3v) is 10.3. The molecule has 5 unspecified atom stereocenters. The number of carbonyl (C=O) groups is 3. The number of carbonyl (C=O) groups excluding carboxylic acids is 2. The van der Waals surface area contributed by atoms with Crippen LogP contribution in [0.25, 0.3) is 0 Å². The van der Waals surface area contributed by atoms with Crippen LogP contribution in [0, 0.1) is 34.4 Å². The van der Waals surface area contributed by atoms with Gasteiger partial charge in [-0.05, 0) is 95.0 Å². The molecular formula is C30H41FN2O6. The van der Waals surface area contributed by atoms with Gasteiger partial charge in [0.2, 0.25) is 5.91 Å². The molecule has 4 aliphatic carbocycles. The fraction of sp³-hybridized carbons (Fsp3) is 0.700. The van der Waals surface area contributed by atoms with E-state index in [1.807, 2.05) is 0 Å². The molecule has 4 fully saturated rings. The minimum Gasteiger partial charge on any atom is -0.496 e. The van der Waals surface area contributed by atoms with Crippen molar-refractivity contribution < 1.29 is 33.4 Å². The van der Waals surface area contributed by atoms with E-state index in [4.69, 9.17) is 9.47 Å². The molecule has 1 aromatic rings. The van der Waals surface area contributed by atoms with E-state index in [0.29, 0.717) is 25.7 Å². The molecule has 5 atom stereocenters. The Balaban J connectivity index is 1.30. The summed E-state index contributed by atoms with van der Waals surface area (Å²) >= 11 is 0. The minimum absolute atomic E-state index is 0.00822. The summed E-state index contributed by atoms with van der Waals surface area (Å²) in [6, 6.07) is 2.32. The number of nitrogens with one attached hydrogen (secondary N) is 2. The lowest BCUT2D eigenvalue weighted by molar-refractivity contribution is -0.150. The maximum Gasteiger partial charge on any atom is 0.309 e. The summed E-state index contributed by atoms with van der Waals surface area (Å²) in [5.74, 6) is -1.66. The number of ether oxygens (including phenoxy) is 2. The highest BCUT2D eigenvalue weighted by molar-refractivity contribution is 5.98. The fourth-order valence-corrected chi connectivity index (χ4v) is 6.93. The number of fused-ring (bicyclic) bond motifs is 2. The molecule has 2 amide bonds. The third kappa shape index (κ3) is 5.33. The van der Waals surface area contributed by atoms with Crippen molar-refractivity contribution in [2.75, 3.05) is 7.11 Å². The predicted octanol–water partition coefficient (Wildman–Crippen LogP) is 4.70. The number of methoxy groups -OCH3 is 1.